The van der Waals surface area contributed by atoms with E-state index in [1.54, 1.807) is 0 Å². The third-order valence-corrected chi connectivity index (χ3v) is 2.14. The number of ether oxygens (including phenoxy) is 3. The summed E-state index contributed by atoms with van der Waals surface area (Å²) in [7, 11) is 0. The number of rotatable bonds is 2. The van der Waals surface area contributed by atoms with Crippen LogP contribution in [0, 0.1) is 6.92 Å². The van der Waals surface area contributed by atoms with Gasteiger partial charge in [0.15, 0.2) is 0 Å². The first kappa shape index (κ1) is 9.49. The highest BCUT2D eigenvalue weighted by molar-refractivity contribution is 5.31. The lowest BCUT2D eigenvalue weighted by Gasteiger charge is -2.24. The van der Waals surface area contributed by atoms with E-state index in [2.05, 4.69) is 0 Å². The number of para-hydroxylation sites is 1. The third-order valence-electron chi connectivity index (χ3n) is 2.14. The minimum atomic E-state index is -0.259. The van der Waals surface area contributed by atoms with Crippen LogP contribution in [0.15, 0.2) is 24.3 Å². The molecular weight excluding hydrogens is 180 g/mol. The summed E-state index contributed by atoms with van der Waals surface area (Å²) in [5, 5.41) is 0. The van der Waals surface area contributed by atoms with Gasteiger partial charge in [-0.3, -0.25) is 0 Å². The van der Waals surface area contributed by atoms with Crippen molar-refractivity contribution in [1.29, 1.82) is 0 Å². The molecule has 14 heavy (non-hydrogen) atoms. The van der Waals surface area contributed by atoms with Crippen molar-refractivity contribution in [3.63, 3.8) is 0 Å². The molecule has 1 aromatic carbocycles. The van der Waals surface area contributed by atoms with Gasteiger partial charge in [-0.15, -0.1) is 0 Å². The van der Waals surface area contributed by atoms with Crippen LogP contribution in [0.3, 0.4) is 0 Å². The number of aryl methyl sites for hydroxylation is 1. The lowest BCUT2D eigenvalue weighted by atomic mass is 10.2. The molecule has 0 aromatic heterocycles. The topological polar surface area (TPSA) is 27.7 Å². The molecule has 0 radical (unpaired) electrons. The van der Waals surface area contributed by atoms with Crippen molar-refractivity contribution in [3.05, 3.63) is 29.8 Å². The molecule has 1 aliphatic rings. The summed E-state index contributed by atoms with van der Waals surface area (Å²) in [6.07, 6.45) is -0.259. The van der Waals surface area contributed by atoms with Crippen LogP contribution in [0.1, 0.15) is 5.56 Å². The van der Waals surface area contributed by atoms with Crippen molar-refractivity contribution in [3.8, 4) is 5.75 Å². The molecule has 3 nitrogen and oxygen atoms in total. The zero-order valence-corrected chi connectivity index (χ0v) is 8.23. The third kappa shape index (κ3) is 2.25. The monoisotopic (exact) mass is 194 g/mol. The first-order valence-electron chi connectivity index (χ1n) is 4.78. The van der Waals surface area contributed by atoms with Gasteiger partial charge in [0.25, 0.3) is 0 Å². The predicted molar refractivity (Wildman–Crippen MR) is 52.4 cm³/mol. The maximum absolute atomic E-state index is 5.64. The summed E-state index contributed by atoms with van der Waals surface area (Å²) in [5.41, 5.74) is 1.11. The summed E-state index contributed by atoms with van der Waals surface area (Å²) in [6.45, 7) is 3.79. The Labute approximate surface area is 83.6 Å². The zero-order valence-electron chi connectivity index (χ0n) is 8.23. The molecule has 1 heterocycles. The highest BCUT2D eigenvalue weighted by Gasteiger charge is 2.16. The molecule has 1 unspecified atom stereocenters. The molecule has 1 aliphatic heterocycles. The van der Waals surface area contributed by atoms with Crippen molar-refractivity contribution < 1.29 is 14.2 Å². The minimum Gasteiger partial charge on any atom is -0.462 e. The fourth-order valence-corrected chi connectivity index (χ4v) is 1.36. The van der Waals surface area contributed by atoms with Crippen molar-refractivity contribution in [2.45, 2.75) is 13.2 Å². The van der Waals surface area contributed by atoms with E-state index in [0.717, 1.165) is 11.3 Å². The van der Waals surface area contributed by atoms with Crippen molar-refractivity contribution in [2.75, 3.05) is 19.8 Å². The maximum Gasteiger partial charge on any atom is 0.223 e. The van der Waals surface area contributed by atoms with Crippen molar-refractivity contribution in [2.24, 2.45) is 0 Å². The van der Waals surface area contributed by atoms with Crippen LogP contribution in [-0.2, 0) is 9.47 Å². The number of benzene rings is 1. The van der Waals surface area contributed by atoms with Crippen LogP contribution >= 0.6 is 0 Å². The molecule has 0 saturated carbocycles. The molecule has 76 valence electrons. The highest BCUT2D eigenvalue weighted by atomic mass is 16.7. The fraction of sp³-hybridized carbons (Fsp3) is 0.455. The highest BCUT2D eigenvalue weighted by Crippen LogP contribution is 2.18. The lowest BCUT2D eigenvalue weighted by Crippen LogP contribution is -2.33. The fourth-order valence-electron chi connectivity index (χ4n) is 1.36. The van der Waals surface area contributed by atoms with Gasteiger partial charge in [-0.1, -0.05) is 18.2 Å². The van der Waals surface area contributed by atoms with Crippen molar-refractivity contribution >= 4 is 0 Å². The Kier molecular flexibility index (Phi) is 3.01. The molecule has 0 aliphatic carbocycles. The molecule has 1 fully saturated rings. The van der Waals surface area contributed by atoms with Gasteiger partial charge in [0.1, 0.15) is 12.4 Å². The average molecular weight is 194 g/mol. The van der Waals surface area contributed by atoms with Gasteiger partial charge in [-0.2, -0.15) is 0 Å². The maximum atomic E-state index is 5.64. The van der Waals surface area contributed by atoms with Crippen molar-refractivity contribution in [1.82, 2.24) is 0 Å². The second-order valence-electron chi connectivity index (χ2n) is 3.26. The molecule has 2 rings (SSSR count). The van der Waals surface area contributed by atoms with Gasteiger partial charge < -0.3 is 14.2 Å². The van der Waals surface area contributed by atoms with Gasteiger partial charge in [-0.05, 0) is 18.6 Å². The predicted octanol–water partition coefficient (Wildman–Crippen LogP) is 1.75. The molecule has 3 heteroatoms. The normalized spacial score (nSPS) is 21.9. The minimum absolute atomic E-state index is 0.259. The quantitative estimate of drug-likeness (QED) is 0.717. The van der Waals surface area contributed by atoms with Gasteiger partial charge in [0.05, 0.1) is 13.2 Å². The van der Waals surface area contributed by atoms with E-state index >= 15 is 0 Å². The number of hydrogen-bond acceptors (Lipinski definition) is 3. The second kappa shape index (κ2) is 4.44. The zero-order chi connectivity index (χ0) is 9.80. The smallest absolute Gasteiger partial charge is 0.223 e. The van der Waals surface area contributed by atoms with Crippen LogP contribution in [0.25, 0.3) is 0 Å². The van der Waals surface area contributed by atoms with Gasteiger partial charge >= 0.3 is 0 Å². The van der Waals surface area contributed by atoms with Gasteiger partial charge in [0.2, 0.25) is 6.29 Å². The Bertz CT molecular complexity index is 292. The molecule has 0 N–H and O–H groups in total. The first-order valence-corrected chi connectivity index (χ1v) is 4.78. The van der Waals surface area contributed by atoms with E-state index in [4.69, 9.17) is 14.2 Å². The Balaban J connectivity index is 1.99. The molecule has 1 saturated heterocycles. The summed E-state index contributed by atoms with van der Waals surface area (Å²) in [6, 6.07) is 7.89. The van der Waals surface area contributed by atoms with Crippen LogP contribution < -0.4 is 4.74 Å². The van der Waals surface area contributed by atoms with E-state index in [0.29, 0.717) is 19.8 Å². The molecule has 0 bridgehead atoms. The van der Waals surface area contributed by atoms with E-state index in [-0.39, 0.29) is 6.29 Å². The summed E-state index contributed by atoms with van der Waals surface area (Å²) >= 11 is 0. The average Bonchev–Trinajstić information content (AvgIpc) is 2.23. The van der Waals surface area contributed by atoms with E-state index in [1.807, 2.05) is 31.2 Å². The Morgan fingerprint density at radius 3 is 2.86 bits per heavy atom. The van der Waals surface area contributed by atoms with E-state index in [9.17, 15) is 0 Å². The van der Waals surface area contributed by atoms with Gasteiger partial charge in [-0.25, -0.2) is 0 Å². The molecule has 0 amide bonds. The Morgan fingerprint density at radius 2 is 2.14 bits per heavy atom. The standard InChI is InChI=1S/C11H14O3/c1-9-4-2-3-5-10(9)14-11-8-12-6-7-13-11/h2-5,11H,6-8H2,1H3. The van der Waals surface area contributed by atoms with Crippen LogP contribution in [0.2, 0.25) is 0 Å². The molecular formula is C11H14O3. The van der Waals surface area contributed by atoms with Crippen LogP contribution in [0.5, 0.6) is 5.75 Å². The van der Waals surface area contributed by atoms with Gasteiger partial charge in [0, 0.05) is 0 Å². The lowest BCUT2D eigenvalue weighted by molar-refractivity contribution is -0.171. The molecule has 0 spiro atoms. The Morgan fingerprint density at radius 1 is 1.29 bits per heavy atom. The molecule has 1 atom stereocenters. The summed E-state index contributed by atoms with van der Waals surface area (Å²) < 4.78 is 16.3. The largest absolute Gasteiger partial charge is 0.462 e. The Hall–Kier alpha value is -1.06. The first-order chi connectivity index (χ1) is 6.86. The second-order valence-corrected chi connectivity index (χ2v) is 3.26. The SMILES string of the molecule is Cc1ccccc1OC1COCCO1. The summed E-state index contributed by atoms with van der Waals surface area (Å²) in [4.78, 5) is 0. The van der Waals surface area contributed by atoms with E-state index in [1.165, 1.54) is 0 Å². The van der Waals surface area contributed by atoms with Crippen LogP contribution in [-0.4, -0.2) is 26.1 Å². The number of hydrogen-bond donors (Lipinski definition) is 0. The van der Waals surface area contributed by atoms with E-state index < -0.39 is 0 Å². The molecule has 1 aromatic rings. The van der Waals surface area contributed by atoms with Crippen LogP contribution in [0.4, 0.5) is 0 Å². The summed E-state index contributed by atoms with van der Waals surface area (Å²) in [5.74, 6) is 0.864.